The molecular weight excluding hydrogens is 212 g/mol. The van der Waals surface area contributed by atoms with Gasteiger partial charge in [0, 0.05) is 12.0 Å². The van der Waals surface area contributed by atoms with Crippen molar-refractivity contribution < 1.29 is 9.84 Å². The lowest BCUT2D eigenvalue weighted by Gasteiger charge is -2.28. The molecule has 1 aliphatic carbocycles. The summed E-state index contributed by atoms with van der Waals surface area (Å²) in [5.41, 5.74) is 1.65. The van der Waals surface area contributed by atoms with E-state index in [1.165, 1.54) is 18.4 Å². The number of benzene rings is 1. The van der Waals surface area contributed by atoms with Gasteiger partial charge in [0.2, 0.25) is 0 Å². The highest BCUT2D eigenvalue weighted by molar-refractivity contribution is 5.47. The van der Waals surface area contributed by atoms with Crippen molar-refractivity contribution in [1.82, 2.24) is 0 Å². The van der Waals surface area contributed by atoms with Crippen molar-refractivity contribution in [3.63, 3.8) is 0 Å². The van der Waals surface area contributed by atoms with E-state index in [9.17, 15) is 5.11 Å². The predicted octanol–water partition coefficient (Wildman–Crippen LogP) is 3.16. The highest BCUT2D eigenvalue weighted by Crippen LogP contribution is 2.43. The number of ether oxygens (including phenoxy) is 1. The maximum Gasteiger partial charge on any atom is 0.128 e. The summed E-state index contributed by atoms with van der Waals surface area (Å²) in [6.45, 7) is 0.766. The first-order valence-electron chi connectivity index (χ1n) is 6.77. The average molecular weight is 232 g/mol. The maximum absolute atomic E-state index is 10.9. The highest BCUT2D eigenvalue weighted by atomic mass is 16.5. The molecule has 0 unspecified atom stereocenters. The standard InChI is InChI=1S/C15H20O2/c16-15(9-3-1-2-4-10-15)13-7-5-6-12-8-11-17-14(12)13/h5-7,16H,1-4,8-11H2. The lowest BCUT2D eigenvalue weighted by atomic mass is 9.85. The van der Waals surface area contributed by atoms with Gasteiger partial charge < -0.3 is 9.84 Å². The zero-order chi connectivity index (χ0) is 11.7. The molecule has 1 aromatic rings. The summed E-state index contributed by atoms with van der Waals surface area (Å²) in [5, 5.41) is 10.9. The van der Waals surface area contributed by atoms with Crippen LogP contribution in [0.5, 0.6) is 5.75 Å². The van der Waals surface area contributed by atoms with Crippen LogP contribution in [0.2, 0.25) is 0 Å². The molecule has 3 rings (SSSR count). The first-order valence-corrected chi connectivity index (χ1v) is 6.77. The van der Waals surface area contributed by atoms with Gasteiger partial charge in [-0.2, -0.15) is 0 Å². The van der Waals surface area contributed by atoms with Gasteiger partial charge in [-0.25, -0.2) is 0 Å². The van der Waals surface area contributed by atoms with E-state index in [0.717, 1.165) is 50.0 Å². The van der Waals surface area contributed by atoms with Crippen LogP contribution in [0.25, 0.3) is 0 Å². The van der Waals surface area contributed by atoms with Crippen LogP contribution in [0.15, 0.2) is 18.2 Å². The minimum absolute atomic E-state index is 0.647. The second kappa shape index (κ2) is 4.34. The van der Waals surface area contributed by atoms with Crippen LogP contribution in [-0.2, 0) is 12.0 Å². The molecule has 0 bridgehead atoms. The monoisotopic (exact) mass is 232 g/mol. The molecule has 0 atom stereocenters. The predicted molar refractivity (Wildman–Crippen MR) is 67.2 cm³/mol. The molecule has 0 aromatic heterocycles. The minimum atomic E-state index is -0.647. The normalized spacial score (nSPS) is 22.6. The van der Waals surface area contributed by atoms with E-state index in [4.69, 9.17) is 4.74 Å². The zero-order valence-electron chi connectivity index (χ0n) is 10.2. The zero-order valence-corrected chi connectivity index (χ0v) is 10.2. The van der Waals surface area contributed by atoms with Gasteiger partial charge in [-0.05, 0) is 18.4 Å². The summed E-state index contributed by atoms with van der Waals surface area (Å²) in [4.78, 5) is 0. The largest absolute Gasteiger partial charge is 0.493 e. The Hall–Kier alpha value is -1.02. The van der Waals surface area contributed by atoms with E-state index in [2.05, 4.69) is 18.2 Å². The first kappa shape index (κ1) is 11.1. The van der Waals surface area contributed by atoms with E-state index in [1.807, 2.05) is 0 Å². The van der Waals surface area contributed by atoms with Crippen molar-refractivity contribution in [1.29, 1.82) is 0 Å². The van der Waals surface area contributed by atoms with Gasteiger partial charge >= 0.3 is 0 Å². The summed E-state index contributed by atoms with van der Waals surface area (Å²) in [6, 6.07) is 6.23. The Kier molecular flexibility index (Phi) is 2.83. The van der Waals surface area contributed by atoms with Crippen molar-refractivity contribution in [3.8, 4) is 5.75 Å². The van der Waals surface area contributed by atoms with Gasteiger partial charge in [-0.3, -0.25) is 0 Å². The molecule has 1 fully saturated rings. The molecule has 0 amide bonds. The molecule has 0 spiro atoms. The van der Waals surface area contributed by atoms with Gasteiger partial charge in [0.15, 0.2) is 0 Å². The Labute approximate surface area is 103 Å². The molecule has 2 nitrogen and oxygen atoms in total. The molecular formula is C15H20O2. The Balaban J connectivity index is 1.99. The Morgan fingerprint density at radius 2 is 1.82 bits per heavy atom. The minimum Gasteiger partial charge on any atom is -0.493 e. The summed E-state index contributed by atoms with van der Waals surface area (Å²) in [5.74, 6) is 0.969. The van der Waals surface area contributed by atoms with Crippen molar-refractivity contribution in [3.05, 3.63) is 29.3 Å². The van der Waals surface area contributed by atoms with Crippen LogP contribution in [-0.4, -0.2) is 11.7 Å². The molecule has 1 aromatic carbocycles. The molecule has 2 aliphatic rings. The topological polar surface area (TPSA) is 29.5 Å². The smallest absolute Gasteiger partial charge is 0.128 e. The summed E-state index contributed by atoms with van der Waals surface area (Å²) >= 11 is 0. The summed E-state index contributed by atoms with van der Waals surface area (Å²) in [6.07, 6.45) is 7.50. The van der Waals surface area contributed by atoms with Crippen LogP contribution in [0, 0.1) is 0 Å². The van der Waals surface area contributed by atoms with Crippen molar-refractivity contribution in [2.24, 2.45) is 0 Å². The summed E-state index contributed by atoms with van der Waals surface area (Å²) < 4.78 is 5.73. The second-order valence-corrected chi connectivity index (χ2v) is 5.34. The molecule has 17 heavy (non-hydrogen) atoms. The number of para-hydroxylation sites is 1. The SMILES string of the molecule is OC1(c2cccc3c2OCC3)CCCCCC1. The average Bonchev–Trinajstić information content (AvgIpc) is 2.71. The van der Waals surface area contributed by atoms with Crippen LogP contribution in [0.4, 0.5) is 0 Å². The number of aliphatic hydroxyl groups is 1. The number of rotatable bonds is 1. The van der Waals surface area contributed by atoms with Gasteiger partial charge in [0.05, 0.1) is 12.2 Å². The van der Waals surface area contributed by atoms with Gasteiger partial charge in [-0.15, -0.1) is 0 Å². The molecule has 92 valence electrons. The molecule has 1 heterocycles. The van der Waals surface area contributed by atoms with E-state index in [0.29, 0.717) is 0 Å². The molecule has 1 saturated carbocycles. The van der Waals surface area contributed by atoms with Crippen molar-refractivity contribution in [2.45, 2.75) is 50.5 Å². The fraction of sp³-hybridized carbons (Fsp3) is 0.600. The van der Waals surface area contributed by atoms with E-state index >= 15 is 0 Å². The van der Waals surface area contributed by atoms with Crippen LogP contribution in [0.3, 0.4) is 0 Å². The molecule has 0 saturated heterocycles. The number of fused-ring (bicyclic) bond motifs is 1. The number of hydrogen-bond acceptors (Lipinski definition) is 2. The molecule has 2 heteroatoms. The third-order valence-electron chi connectivity index (χ3n) is 4.15. The maximum atomic E-state index is 10.9. The fourth-order valence-corrected chi connectivity index (χ4v) is 3.16. The third kappa shape index (κ3) is 1.95. The molecule has 0 radical (unpaired) electrons. The van der Waals surface area contributed by atoms with Gasteiger partial charge in [-0.1, -0.05) is 43.9 Å². The van der Waals surface area contributed by atoms with Crippen LogP contribution >= 0.6 is 0 Å². The van der Waals surface area contributed by atoms with Crippen molar-refractivity contribution >= 4 is 0 Å². The summed E-state index contributed by atoms with van der Waals surface area (Å²) in [7, 11) is 0. The first-order chi connectivity index (χ1) is 8.30. The third-order valence-corrected chi connectivity index (χ3v) is 4.15. The Bertz CT molecular complexity index is 403. The lowest BCUT2D eigenvalue weighted by Crippen LogP contribution is -2.25. The van der Waals surface area contributed by atoms with E-state index in [-0.39, 0.29) is 0 Å². The second-order valence-electron chi connectivity index (χ2n) is 5.34. The van der Waals surface area contributed by atoms with E-state index in [1.54, 1.807) is 0 Å². The van der Waals surface area contributed by atoms with Crippen LogP contribution in [0.1, 0.15) is 49.7 Å². The van der Waals surface area contributed by atoms with Crippen molar-refractivity contribution in [2.75, 3.05) is 6.61 Å². The highest BCUT2D eigenvalue weighted by Gasteiger charge is 2.34. The van der Waals surface area contributed by atoms with E-state index < -0.39 is 5.60 Å². The lowest BCUT2D eigenvalue weighted by molar-refractivity contribution is 0.0184. The fourth-order valence-electron chi connectivity index (χ4n) is 3.16. The van der Waals surface area contributed by atoms with Gasteiger partial charge in [0.1, 0.15) is 5.75 Å². The Morgan fingerprint density at radius 1 is 1.06 bits per heavy atom. The molecule has 1 aliphatic heterocycles. The van der Waals surface area contributed by atoms with Gasteiger partial charge in [0.25, 0.3) is 0 Å². The van der Waals surface area contributed by atoms with Crippen LogP contribution < -0.4 is 4.74 Å². The molecule has 1 N–H and O–H groups in total. The number of hydrogen-bond donors (Lipinski definition) is 1. The Morgan fingerprint density at radius 3 is 2.59 bits per heavy atom. The quantitative estimate of drug-likeness (QED) is 0.754.